The molecule has 102 valence electrons. The zero-order chi connectivity index (χ0) is 14.0. The average molecular weight is 292 g/mol. The van der Waals surface area contributed by atoms with Crippen LogP contribution in [0.25, 0.3) is 11.0 Å². The highest BCUT2D eigenvalue weighted by atomic mass is 32.2. The van der Waals surface area contributed by atoms with Crippen LogP contribution in [0.5, 0.6) is 0 Å². The van der Waals surface area contributed by atoms with Crippen molar-refractivity contribution in [1.82, 2.24) is 9.97 Å². The van der Waals surface area contributed by atoms with Gasteiger partial charge in [0, 0.05) is 5.25 Å². The molecule has 0 saturated carbocycles. The monoisotopic (exact) mass is 292 g/mol. The smallest absolute Gasteiger partial charge is 0.129 e. The molecule has 0 N–H and O–H groups in total. The second-order valence-corrected chi connectivity index (χ2v) is 7.47. The second-order valence-electron chi connectivity index (χ2n) is 5.11. The highest BCUT2D eigenvalue weighted by Gasteiger charge is 2.11. The summed E-state index contributed by atoms with van der Waals surface area (Å²) in [5, 5.41) is 2.60. The number of aromatic nitrogens is 2. The molecule has 0 bridgehead atoms. The van der Waals surface area contributed by atoms with E-state index in [1.807, 2.05) is 0 Å². The summed E-state index contributed by atoms with van der Waals surface area (Å²) in [7, 11) is 0. The van der Waals surface area contributed by atoms with E-state index in [0.717, 1.165) is 21.1 Å². The van der Waals surface area contributed by atoms with E-state index < -0.39 is 0 Å². The minimum Gasteiger partial charge on any atom is -0.237 e. The Morgan fingerprint density at radius 2 is 1.63 bits per heavy atom. The fourth-order valence-electron chi connectivity index (χ4n) is 1.83. The van der Waals surface area contributed by atoms with E-state index in [1.54, 1.807) is 23.5 Å². The first-order valence-electron chi connectivity index (χ1n) is 6.53. The van der Waals surface area contributed by atoms with Crippen molar-refractivity contribution >= 4 is 34.6 Å². The predicted molar refractivity (Wildman–Crippen MR) is 86.4 cm³/mol. The Bertz CT molecular complexity index is 580. The molecule has 0 saturated heterocycles. The SMILES string of the molecule is CSc1nc2cc(C(C)C)ccc2nc1SC(C)C. The lowest BCUT2D eigenvalue weighted by atomic mass is 10.0. The molecule has 0 unspecified atom stereocenters. The lowest BCUT2D eigenvalue weighted by Crippen LogP contribution is -1.97. The number of nitrogens with zero attached hydrogens (tertiary/aromatic N) is 2. The van der Waals surface area contributed by atoms with Crippen molar-refractivity contribution in [2.24, 2.45) is 0 Å². The Labute approximate surface area is 123 Å². The standard InChI is InChI=1S/C15H20N2S2/c1-9(2)11-6-7-12-13(8-11)17-14(18-5)15(16-12)19-10(3)4/h6-10H,1-5H3. The van der Waals surface area contributed by atoms with Crippen LogP contribution in [0, 0.1) is 0 Å². The zero-order valence-electron chi connectivity index (χ0n) is 12.1. The Kier molecular flexibility index (Phi) is 4.74. The normalized spacial score (nSPS) is 11.7. The summed E-state index contributed by atoms with van der Waals surface area (Å²) in [6.45, 7) is 8.77. The molecule has 0 aliphatic carbocycles. The lowest BCUT2D eigenvalue weighted by molar-refractivity contribution is 0.865. The van der Waals surface area contributed by atoms with Gasteiger partial charge in [-0.25, -0.2) is 9.97 Å². The summed E-state index contributed by atoms with van der Waals surface area (Å²) >= 11 is 3.45. The van der Waals surface area contributed by atoms with Crippen LogP contribution < -0.4 is 0 Å². The highest BCUT2D eigenvalue weighted by Crippen LogP contribution is 2.31. The number of hydrogen-bond acceptors (Lipinski definition) is 4. The summed E-state index contributed by atoms with van der Waals surface area (Å²) in [4.78, 5) is 9.54. The molecule has 1 aromatic heterocycles. The molecular formula is C15H20N2S2. The topological polar surface area (TPSA) is 25.8 Å². The van der Waals surface area contributed by atoms with E-state index in [-0.39, 0.29) is 0 Å². The fraction of sp³-hybridized carbons (Fsp3) is 0.467. The molecule has 2 aromatic rings. The molecule has 19 heavy (non-hydrogen) atoms. The van der Waals surface area contributed by atoms with Crippen molar-refractivity contribution in [2.75, 3.05) is 6.26 Å². The molecule has 0 aliphatic rings. The van der Waals surface area contributed by atoms with Gasteiger partial charge in [0.25, 0.3) is 0 Å². The van der Waals surface area contributed by atoms with Crippen LogP contribution in [0.1, 0.15) is 39.2 Å². The molecule has 2 nitrogen and oxygen atoms in total. The molecule has 1 heterocycles. The van der Waals surface area contributed by atoms with Gasteiger partial charge < -0.3 is 0 Å². The van der Waals surface area contributed by atoms with Gasteiger partial charge in [-0.2, -0.15) is 0 Å². The zero-order valence-corrected chi connectivity index (χ0v) is 13.7. The van der Waals surface area contributed by atoms with Gasteiger partial charge in [0.1, 0.15) is 10.1 Å². The summed E-state index contributed by atoms with van der Waals surface area (Å²) < 4.78 is 0. The molecule has 1 aromatic carbocycles. The van der Waals surface area contributed by atoms with Crippen molar-refractivity contribution in [2.45, 2.75) is 48.9 Å². The van der Waals surface area contributed by atoms with Crippen molar-refractivity contribution in [3.05, 3.63) is 23.8 Å². The molecule has 0 aliphatic heterocycles. The molecule has 0 fully saturated rings. The predicted octanol–water partition coefficient (Wildman–Crippen LogP) is 4.98. The van der Waals surface area contributed by atoms with Crippen molar-refractivity contribution in [3.63, 3.8) is 0 Å². The molecular weight excluding hydrogens is 272 g/mol. The minimum absolute atomic E-state index is 0.521. The van der Waals surface area contributed by atoms with Crippen LogP contribution in [0.2, 0.25) is 0 Å². The molecule has 0 radical (unpaired) electrons. The van der Waals surface area contributed by atoms with Gasteiger partial charge in [0.05, 0.1) is 11.0 Å². The quantitative estimate of drug-likeness (QED) is 0.743. The largest absolute Gasteiger partial charge is 0.237 e. The maximum Gasteiger partial charge on any atom is 0.129 e. The van der Waals surface area contributed by atoms with Gasteiger partial charge in [-0.3, -0.25) is 0 Å². The minimum atomic E-state index is 0.521. The number of rotatable bonds is 4. The van der Waals surface area contributed by atoms with E-state index in [2.05, 4.69) is 52.1 Å². The Morgan fingerprint density at radius 3 is 2.21 bits per heavy atom. The van der Waals surface area contributed by atoms with Crippen molar-refractivity contribution in [1.29, 1.82) is 0 Å². The summed E-state index contributed by atoms with van der Waals surface area (Å²) in [5.74, 6) is 0.522. The molecule has 0 atom stereocenters. The van der Waals surface area contributed by atoms with Crippen LogP contribution in [0.3, 0.4) is 0 Å². The average Bonchev–Trinajstić information content (AvgIpc) is 2.36. The first-order valence-corrected chi connectivity index (χ1v) is 8.64. The number of thioether (sulfide) groups is 2. The van der Waals surface area contributed by atoms with E-state index in [0.29, 0.717) is 11.2 Å². The van der Waals surface area contributed by atoms with Gasteiger partial charge >= 0.3 is 0 Å². The summed E-state index contributed by atoms with van der Waals surface area (Å²) in [5.41, 5.74) is 3.31. The van der Waals surface area contributed by atoms with E-state index in [1.165, 1.54) is 5.56 Å². The summed E-state index contributed by atoms with van der Waals surface area (Å²) in [6.07, 6.45) is 2.06. The molecule has 4 heteroatoms. The van der Waals surface area contributed by atoms with Crippen LogP contribution in [0.4, 0.5) is 0 Å². The van der Waals surface area contributed by atoms with Gasteiger partial charge in [-0.15, -0.1) is 23.5 Å². The van der Waals surface area contributed by atoms with Crippen LogP contribution in [-0.2, 0) is 0 Å². The van der Waals surface area contributed by atoms with Crippen molar-refractivity contribution in [3.8, 4) is 0 Å². The number of benzene rings is 1. The van der Waals surface area contributed by atoms with E-state index in [4.69, 9.17) is 9.97 Å². The third kappa shape index (κ3) is 3.42. The van der Waals surface area contributed by atoms with Gasteiger partial charge in [0.15, 0.2) is 0 Å². The third-order valence-corrected chi connectivity index (χ3v) is 4.61. The second kappa shape index (κ2) is 6.14. The molecule has 0 spiro atoms. The first-order chi connectivity index (χ1) is 9.01. The fourth-order valence-corrected chi connectivity index (χ4v) is 3.38. The van der Waals surface area contributed by atoms with Gasteiger partial charge in [0.2, 0.25) is 0 Å². The van der Waals surface area contributed by atoms with Crippen LogP contribution in [-0.4, -0.2) is 21.5 Å². The molecule has 0 amide bonds. The van der Waals surface area contributed by atoms with E-state index in [9.17, 15) is 0 Å². The number of hydrogen-bond donors (Lipinski definition) is 0. The van der Waals surface area contributed by atoms with Crippen LogP contribution in [0.15, 0.2) is 28.3 Å². The Balaban J connectivity index is 2.53. The maximum absolute atomic E-state index is 4.77. The molecule has 2 rings (SSSR count). The van der Waals surface area contributed by atoms with Crippen molar-refractivity contribution < 1.29 is 0 Å². The van der Waals surface area contributed by atoms with Crippen LogP contribution >= 0.6 is 23.5 Å². The summed E-state index contributed by atoms with van der Waals surface area (Å²) in [6, 6.07) is 6.41. The highest BCUT2D eigenvalue weighted by molar-refractivity contribution is 8.02. The number of fused-ring (bicyclic) bond motifs is 1. The first kappa shape index (κ1) is 14.7. The van der Waals surface area contributed by atoms with E-state index >= 15 is 0 Å². The third-order valence-electron chi connectivity index (χ3n) is 2.83. The van der Waals surface area contributed by atoms with Gasteiger partial charge in [-0.1, -0.05) is 33.8 Å². The Morgan fingerprint density at radius 1 is 0.947 bits per heavy atom. The maximum atomic E-state index is 4.77. The Hall–Kier alpha value is -0.740. The van der Waals surface area contributed by atoms with Gasteiger partial charge in [-0.05, 0) is 29.9 Å². The lowest BCUT2D eigenvalue weighted by Gasteiger charge is -2.11.